The standard InChI is InChI=1S/C17H20F3N3O2/c1-3-5-11(2)21-14(24)8-9-15-22-16(23-25-15)12-6-4-7-13(10-12)17(18,19)20/h4,6-7,10-11H,3,5,8-9H2,1-2H3,(H,21,24)/t11-/m0/s1. The molecule has 0 fully saturated rings. The predicted molar refractivity (Wildman–Crippen MR) is 85.6 cm³/mol. The molecule has 1 atom stereocenters. The molecule has 2 rings (SSSR count). The van der Waals surface area contributed by atoms with Gasteiger partial charge in [-0.15, -0.1) is 0 Å². The van der Waals surface area contributed by atoms with Crippen LogP contribution in [0.5, 0.6) is 0 Å². The van der Waals surface area contributed by atoms with Gasteiger partial charge in [0.05, 0.1) is 5.56 Å². The van der Waals surface area contributed by atoms with Gasteiger partial charge in [0.25, 0.3) is 0 Å². The lowest BCUT2D eigenvalue weighted by molar-refractivity contribution is -0.137. The van der Waals surface area contributed by atoms with Crippen LogP contribution in [0, 0.1) is 0 Å². The Labute approximate surface area is 143 Å². The van der Waals surface area contributed by atoms with Crippen molar-refractivity contribution in [3.63, 3.8) is 0 Å². The highest BCUT2D eigenvalue weighted by molar-refractivity contribution is 5.76. The van der Waals surface area contributed by atoms with E-state index in [0.717, 1.165) is 25.0 Å². The van der Waals surface area contributed by atoms with Gasteiger partial charge in [-0.25, -0.2) is 0 Å². The second-order valence-corrected chi connectivity index (χ2v) is 5.85. The van der Waals surface area contributed by atoms with Crippen LogP contribution in [0.25, 0.3) is 11.4 Å². The number of rotatable bonds is 7. The number of nitrogens with zero attached hydrogens (tertiary/aromatic N) is 2. The second-order valence-electron chi connectivity index (χ2n) is 5.85. The zero-order chi connectivity index (χ0) is 18.4. The van der Waals surface area contributed by atoms with Crippen LogP contribution in [0.1, 0.15) is 44.6 Å². The number of aryl methyl sites for hydroxylation is 1. The Bertz CT molecular complexity index is 713. The van der Waals surface area contributed by atoms with E-state index in [2.05, 4.69) is 15.5 Å². The molecule has 0 spiro atoms. The van der Waals surface area contributed by atoms with E-state index >= 15 is 0 Å². The number of carbonyl (C=O) groups is 1. The van der Waals surface area contributed by atoms with Crippen LogP contribution in [0.2, 0.25) is 0 Å². The first-order valence-electron chi connectivity index (χ1n) is 8.09. The zero-order valence-corrected chi connectivity index (χ0v) is 14.1. The summed E-state index contributed by atoms with van der Waals surface area (Å²) in [7, 11) is 0. The number of halogens is 3. The van der Waals surface area contributed by atoms with Gasteiger partial charge in [-0.05, 0) is 25.5 Å². The van der Waals surface area contributed by atoms with E-state index in [0.29, 0.717) is 0 Å². The lowest BCUT2D eigenvalue weighted by Gasteiger charge is -2.11. The average Bonchev–Trinajstić information content (AvgIpc) is 3.01. The molecular formula is C17H20F3N3O2. The van der Waals surface area contributed by atoms with Gasteiger partial charge >= 0.3 is 6.18 Å². The van der Waals surface area contributed by atoms with Crippen molar-refractivity contribution in [3.05, 3.63) is 35.7 Å². The quantitative estimate of drug-likeness (QED) is 0.815. The molecular weight excluding hydrogens is 335 g/mol. The summed E-state index contributed by atoms with van der Waals surface area (Å²) >= 11 is 0. The van der Waals surface area contributed by atoms with E-state index < -0.39 is 11.7 Å². The number of aromatic nitrogens is 2. The third-order valence-electron chi connectivity index (χ3n) is 3.61. The maximum atomic E-state index is 12.7. The number of hydrogen-bond acceptors (Lipinski definition) is 4. The minimum absolute atomic E-state index is 0.0702. The summed E-state index contributed by atoms with van der Waals surface area (Å²) < 4.78 is 43.3. The molecule has 0 aliphatic heterocycles. The number of hydrogen-bond donors (Lipinski definition) is 1. The van der Waals surface area contributed by atoms with E-state index in [1.54, 1.807) is 0 Å². The van der Waals surface area contributed by atoms with Crippen LogP contribution in [0.3, 0.4) is 0 Å². The van der Waals surface area contributed by atoms with Crippen molar-refractivity contribution in [2.45, 2.75) is 51.7 Å². The number of nitrogens with one attached hydrogen (secondary N) is 1. The second kappa shape index (κ2) is 8.13. The Morgan fingerprint density at radius 1 is 1.36 bits per heavy atom. The molecule has 1 heterocycles. The lowest BCUT2D eigenvalue weighted by atomic mass is 10.1. The maximum absolute atomic E-state index is 12.7. The van der Waals surface area contributed by atoms with Crippen LogP contribution in [-0.4, -0.2) is 22.1 Å². The van der Waals surface area contributed by atoms with Gasteiger partial charge in [0.2, 0.25) is 17.6 Å². The fourth-order valence-electron chi connectivity index (χ4n) is 2.38. The molecule has 0 saturated heterocycles. The molecule has 0 aliphatic rings. The molecule has 0 radical (unpaired) electrons. The van der Waals surface area contributed by atoms with Gasteiger partial charge in [0, 0.05) is 24.4 Å². The molecule has 1 N–H and O–H groups in total. The van der Waals surface area contributed by atoms with Gasteiger partial charge in [-0.3, -0.25) is 4.79 Å². The van der Waals surface area contributed by atoms with Crippen molar-refractivity contribution in [2.75, 3.05) is 0 Å². The minimum atomic E-state index is -4.43. The van der Waals surface area contributed by atoms with Gasteiger partial charge in [0.15, 0.2) is 0 Å². The first-order valence-corrected chi connectivity index (χ1v) is 8.09. The summed E-state index contributed by atoms with van der Waals surface area (Å²) in [4.78, 5) is 15.9. The topological polar surface area (TPSA) is 68.0 Å². The highest BCUT2D eigenvalue weighted by Gasteiger charge is 2.30. The van der Waals surface area contributed by atoms with E-state index in [-0.39, 0.29) is 42.1 Å². The average molecular weight is 355 g/mol. The van der Waals surface area contributed by atoms with E-state index in [9.17, 15) is 18.0 Å². The van der Waals surface area contributed by atoms with Crippen molar-refractivity contribution < 1.29 is 22.5 Å². The molecule has 1 aromatic carbocycles. The van der Waals surface area contributed by atoms with Gasteiger partial charge in [-0.2, -0.15) is 18.2 Å². The Morgan fingerprint density at radius 3 is 2.80 bits per heavy atom. The molecule has 8 heteroatoms. The van der Waals surface area contributed by atoms with Crippen LogP contribution < -0.4 is 5.32 Å². The molecule has 1 amide bonds. The van der Waals surface area contributed by atoms with Gasteiger partial charge in [0.1, 0.15) is 0 Å². The maximum Gasteiger partial charge on any atom is 0.416 e. The predicted octanol–water partition coefficient (Wildman–Crippen LogP) is 3.99. The summed E-state index contributed by atoms with van der Waals surface area (Å²) in [5.74, 6) is 0.159. The molecule has 1 aromatic heterocycles. The number of alkyl halides is 3. The van der Waals surface area contributed by atoms with E-state index in [4.69, 9.17) is 4.52 Å². The van der Waals surface area contributed by atoms with Crippen LogP contribution in [0.15, 0.2) is 28.8 Å². The fourth-order valence-corrected chi connectivity index (χ4v) is 2.38. The van der Waals surface area contributed by atoms with E-state index in [1.165, 1.54) is 12.1 Å². The Kier molecular flexibility index (Phi) is 6.17. The SMILES string of the molecule is CCC[C@H](C)NC(=O)CCc1nc(-c2cccc(C(F)(F)F)c2)no1. The summed E-state index contributed by atoms with van der Waals surface area (Å²) in [6.07, 6.45) is -2.15. The molecule has 0 unspecified atom stereocenters. The summed E-state index contributed by atoms with van der Waals surface area (Å²) in [5, 5.41) is 6.55. The highest BCUT2D eigenvalue weighted by atomic mass is 19.4. The largest absolute Gasteiger partial charge is 0.416 e. The van der Waals surface area contributed by atoms with Crippen LogP contribution >= 0.6 is 0 Å². The van der Waals surface area contributed by atoms with Crippen LogP contribution in [0.4, 0.5) is 13.2 Å². The van der Waals surface area contributed by atoms with Crippen molar-refractivity contribution in [1.82, 2.24) is 15.5 Å². The van der Waals surface area contributed by atoms with Crippen molar-refractivity contribution in [3.8, 4) is 11.4 Å². The lowest BCUT2D eigenvalue weighted by Crippen LogP contribution is -2.32. The number of benzene rings is 1. The van der Waals surface area contributed by atoms with Crippen molar-refractivity contribution in [2.24, 2.45) is 0 Å². The molecule has 2 aromatic rings. The highest BCUT2D eigenvalue weighted by Crippen LogP contribution is 2.31. The smallest absolute Gasteiger partial charge is 0.354 e. The normalized spacial score (nSPS) is 12.8. The molecule has 136 valence electrons. The first kappa shape index (κ1) is 19.0. The number of carbonyl (C=O) groups excluding carboxylic acids is 1. The monoisotopic (exact) mass is 355 g/mol. The zero-order valence-electron chi connectivity index (χ0n) is 14.1. The van der Waals surface area contributed by atoms with Gasteiger partial charge in [-0.1, -0.05) is 30.6 Å². The Morgan fingerprint density at radius 2 is 2.12 bits per heavy atom. The summed E-state index contributed by atoms with van der Waals surface area (Å²) in [6.45, 7) is 3.97. The summed E-state index contributed by atoms with van der Waals surface area (Å²) in [5.41, 5.74) is -0.563. The Hall–Kier alpha value is -2.38. The molecule has 5 nitrogen and oxygen atoms in total. The van der Waals surface area contributed by atoms with E-state index in [1.807, 2.05) is 13.8 Å². The first-order chi connectivity index (χ1) is 11.8. The Balaban J connectivity index is 1.97. The fraction of sp³-hybridized carbons (Fsp3) is 0.471. The molecule has 0 aliphatic carbocycles. The third kappa shape index (κ3) is 5.58. The third-order valence-corrected chi connectivity index (χ3v) is 3.61. The van der Waals surface area contributed by atoms with Crippen molar-refractivity contribution >= 4 is 5.91 Å². The molecule has 25 heavy (non-hydrogen) atoms. The van der Waals surface area contributed by atoms with Crippen molar-refractivity contribution in [1.29, 1.82) is 0 Å². The van der Waals surface area contributed by atoms with Gasteiger partial charge < -0.3 is 9.84 Å². The molecule has 0 saturated carbocycles. The minimum Gasteiger partial charge on any atom is -0.354 e. The van der Waals surface area contributed by atoms with Crippen LogP contribution in [-0.2, 0) is 17.4 Å². The number of amides is 1. The molecule has 0 bridgehead atoms. The summed E-state index contributed by atoms with van der Waals surface area (Å²) in [6, 6.07) is 4.81.